The molecule has 3 atom stereocenters. The van der Waals surface area contributed by atoms with Crippen LogP contribution >= 0.6 is 0 Å². The molecule has 14 heavy (non-hydrogen) atoms. The van der Waals surface area contributed by atoms with Crippen molar-refractivity contribution in [1.82, 2.24) is 5.32 Å². The fourth-order valence-corrected chi connectivity index (χ4v) is 2.48. The minimum absolute atomic E-state index is 0.148. The summed E-state index contributed by atoms with van der Waals surface area (Å²) in [4.78, 5) is 0. The summed E-state index contributed by atoms with van der Waals surface area (Å²) in [5, 5.41) is 21.2. The number of hydrogen-bond acceptors (Lipinski definition) is 3. The molecule has 0 saturated heterocycles. The smallest absolute Gasteiger partial charge is 0.0895 e. The molecule has 0 aromatic carbocycles. The van der Waals surface area contributed by atoms with Crippen molar-refractivity contribution in [3.8, 4) is 0 Å². The van der Waals surface area contributed by atoms with E-state index in [2.05, 4.69) is 19.2 Å². The van der Waals surface area contributed by atoms with E-state index in [1.54, 1.807) is 0 Å². The second-order valence-corrected chi connectivity index (χ2v) is 4.86. The number of nitrogens with one attached hydrogen (secondary N) is 1. The first-order valence-corrected chi connectivity index (χ1v) is 5.64. The number of rotatable bonds is 4. The van der Waals surface area contributed by atoms with Gasteiger partial charge >= 0.3 is 0 Å². The Hall–Kier alpha value is -0.120. The van der Waals surface area contributed by atoms with Crippen molar-refractivity contribution in [2.24, 2.45) is 11.8 Å². The summed E-state index contributed by atoms with van der Waals surface area (Å²) in [5.74, 6) is 1.56. The van der Waals surface area contributed by atoms with Crippen molar-refractivity contribution >= 4 is 0 Å². The van der Waals surface area contributed by atoms with E-state index in [-0.39, 0.29) is 6.61 Å². The first-order valence-electron chi connectivity index (χ1n) is 5.64. The molecule has 2 unspecified atom stereocenters. The molecule has 3 heteroatoms. The largest absolute Gasteiger partial charge is 0.394 e. The van der Waals surface area contributed by atoms with Crippen LogP contribution in [0.1, 0.15) is 33.1 Å². The van der Waals surface area contributed by atoms with E-state index in [9.17, 15) is 5.11 Å². The molecule has 0 bridgehead atoms. The lowest BCUT2D eigenvalue weighted by Gasteiger charge is -2.32. The lowest BCUT2D eigenvalue weighted by atomic mass is 9.80. The van der Waals surface area contributed by atoms with Gasteiger partial charge in [-0.1, -0.05) is 13.8 Å². The number of aliphatic hydroxyl groups is 2. The Morgan fingerprint density at radius 1 is 1.21 bits per heavy atom. The van der Waals surface area contributed by atoms with Crippen molar-refractivity contribution in [2.75, 3.05) is 13.2 Å². The lowest BCUT2D eigenvalue weighted by molar-refractivity contribution is 0.0876. The maximum Gasteiger partial charge on any atom is 0.0895 e. The molecule has 3 N–H and O–H groups in total. The summed E-state index contributed by atoms with van der Waals surface area (Å²) >= 11 is 0. The molecule has 1 aliphatic carbocycles. The zero-order valence-electron chi connectivity index (χ0n) is 9.24. The van der Waals surface area contributed by atoms with Gasteiger partial charge in [-0.3, -0.25) is 0 Å². The zero-order chi connectivity index (χ0) is 10.6. The third-order valence-corrected chi connectivity index (χ3v) is 3.03. The van der Waals surface area contributed by atoms with Crippen LogP contribution in [0.5, 0.6) is 0 Å². The fourth-order valence-electron chi connectivity index (χ4n) is 2.48. The molecule has 0 spiro atoms. The van der Waals surface area contributed by atoms with E-state index in [0.717, 1.165) is 11.8 Å². The van der Waals surface area contributed by atoms with Crippen molar-refractivity contribution < 1.29 is 10.2 Å². The topological polar surface area (TPSA) is 52.5 Å². The van der Waals surface area contributed by atoms with E-state index < -0.39 is 6.10 Å². The molecule has 0 aromatic rings. The van der Waals surface area contributed by atoms with Gasteiger partial charge in [-0.05, 0) is 31.1 Å². The van der Waals surface area contributed by atoms with Gasteiger partial charge in [0.2, 0.25) is 0 Å². The van der Waals surface area contributed by atoms with Crippen LogP contribution in [0.4, 0.5) is 0 Å². The Labute approximate surface area is 86.5 Å². The highest BCUT2D eigenvalue weighted by Crippen LogP contribution is 2.28. The van der Waals surface area contributed by atoms with Gasteiger partial charge in [-0.25, -0.2) is 0 Å². The maximum absolute atomic E-state index is 9.21. The minimum Gasteiger partial charge on any atom is -0.394 e. The summed E-state index contributed by atoms with van der Waals surface area (Å²) < 4.78 is 0. The fraction of sp³-hybridized carbons (Fsp3) is 1.00. The van der Waals surface area contributed by atoms with Crippen LogP contribution in [-0.4, -0.2) is 35.5 Å². The minimum atomic E-state index is -0.609. The Morgan fingerprint density at radius 2 is 1.79 bits per heavy atom. The summed E-state index contributed by atoms with van der Waals surface area (Å²) in [6, 6.07) is 0.523. The molecule has 0 heterocycles. The average molecular weight is 201 g/mol. The summed E-state index contributed by atoms with van der Waals surface area (Å²) in [6.07, 6.45) is 3.11. The second-order valence-electron chi connectivity index (χ2n) is 4.86. The predicted molar refractivity (Wildman–Crippen MR) is 57.1 cm³/mol. The van der Waals surface area contributed by atoms with Gasteiger partial charge in [0, 0.05) is 12.6 Å². The lowest BCUT2D eigenvalue weighted by Crippen LogP contribution is -2.41. The first-order chi connectivity index (χ1) is 6.61. The van der Waals surface area contributed by atoms with Gasteiger partial charge in [-0.15, -0.1) is 0 Å². The van der Waals surface area contributed by atoms with E-state index in [1.807, 2.05) is 0 Å². The monoisotopic (exact) mass is 201 g/mol. The third kappa shape index (κ3) is 3.95. The molecule has 1 fully saturated rings. The maximum atomic E-state index is 9.21. The van der Waals surface area contributed by atoms with Crippen LogP contribution in [-0.2, 0) is 0 Å². The van der Waals surface area contributed by atoms with Crippen LogP contribution < -0.4 is 5.32 Å². The molecule has 84 valence electrons. The Morgan fingerprint density at radius 3 is 2.29 bits per heavy atom. The van der Waals surface area contributed by atoms with Gasteiger partial charge < -0.3 is 15.5 Å². The van der Waals surface area contributed by atoms with Gasteiger partial charge in [0.05, 0.1) is 12.7 Å². The van der Waals surface area contributed by atoms with E-state index in [4.69, 9.17) is 5.11 Å². The quantitative estimate of drug-likeness (QED) is 0.629. The molecule has 1 saturated carbocycles. The van der Waals surface area contributed by atoms with Gasteiger partial charge in [-0.2, -0.15) is 0 Å². The molecule has 1 rings (SSSR count). The second kappa shape index (κ2) is 5.69. The van der Waals surface area contributed by atoms with Gasteiger partial charge in [0.1, 0.15) is 0 Å². The summed E-state index contributed by atoms with van der Waals surface area (Å²) in [6.45, 7) is 4.94. The molecule has 3 nitrogen and oxygen atoms in total. The summed E-state index contributed by atoms with van der Waals surface area (Å²) in [5.41, 5.74) is 0. The normalized spacial score (nSPS) is 35.6. The zero-order valence-corrected chi connectivity index (χ0v) is 9.24. The molecular weight excluding hydrogens is 178 g/mol. The third-order valence-electron chi connectivity index (χ3n) is 3.03. The first kappa shape index (κ1) is 12.0. The Balaban J connectivity index is 2.23. The van der Waals surface area contributed by atoms with Crippen LogP contribution in [0, 0.1) is 11.8 Å². The molecular formula is C11H23NO2. The Bertz CT molecular complexity index is 153. The highest BCUT2D eigenvalue weighted by atomic mass is 16.3. The van der Waals surface area contributed by atoms with Crippen molar-refractivity contribution in [3.63, 3.8) is 0 Å². The van der Waals surface area contributed by atoms with Crippen LogP contribution in [0.25, 0.3) is 0 Å². The van der Waals surface area contributed by atoms with Crippen molar-refractivity contribution in [1.29, 1.82) is 0 Å². The van der Waals surface area contributed by atoms with Crippen molar-refractivity contribution in [2.45, 2.75) is 45.3 Å². The van der Waals surface area contributed by atoms with Crippen LogP contribution in [0.3, 0.4) is 0 Å². The Kier molecular flexibility index (Phi) is 4.85. The molecule has 0 aromatic heterocycles. The van der Waals surface area contributed by atoms with Crippen molar-refractivity contribution in [3.05, 3.63) is 0 Å². The molecule has 0 amide bonds. The van der Waals surface area contributed by atoms with Gasteiger partial charge in [0.15, 0.2) is 0 Å². The standard InChI is InChI=1S/C11H23NO2/c1-8-3-9(2)5-10(4-8)12-6-11(14)7-13/h8-14H,3-7H2,1-2H3/t8?,9?,10?,11-/m0/s1. The van der Waals surface area contributed by atoms with E-state index in [0.29, 0.717) is 12.6 Å². The number of aliphatic hydroxyl groups excluding tert-OH is 2. The van der Waals surface area contributed by atoms with Gasteiger partial charge in [0.25, 0.3) is 0 Å². The predicted octanol–water partition coefficient (Wildman–Crippen LogP) is 0.754. The summed E-state index contributed by atoms with van der Waals surface area (Å²) in [7, 11) is 0. The molecule has 0 radical (unpaired) electrons. The van der Waals surface area contributed by atoms with E-state index in [1.165, 1.54) is 19.3 Å². The number of hydrogen-bond donors (Lipinski definition) is 3. The highest BCUT2D eigenvalue weighted by Gasteiger charge is 2.23. The van der Waals surface area contributed by atoms with Crippen LogP contribution in [0.2, 0.25) is 0 Å². The highest BCUT2D eigenvalue weighted by molar-refractivity contribution is 4.80. The SMILES string of the molecule is CC1CC(C)CC(NC[C@H](O)CO)C1. The van der Waals surface area contributed by atoms with E-state index >= 15 is 0 Å². The van der Waals surface area contributed by atoms with Crippen LogP contribution in [0.15, 0.2) is 0 Å². The molecule has 0 aliphatic heterocycles. The molecule has 1 aliphatic rings. The average Bonchev–Trinajstić information content (AvgIpc) is 2.12.